The molecule has 0 unspecified atom stereocenters. The molecule has 1 atom stereocenters. The number of rotatable bonds is 8. The monoisotopic (exact) mass is 264 g/mol. The second-order valence-electron chi connectivity index (χ2n) is 4.50. The first-order chi connectivity index (χ1) is 9.04. The smallest absolute Gasteiger partial charge is 0.344 e. The van der Waals surface area contributed by atoms with Crippen LogP contribution in [0.15, 0.2) is 24.3 Å². The van der Waals surface area contributed by atoms with E-state index in [4.69, 9.17) is 9.84 Å². The SMILES string of the molecule is CCCCCC(=O)c1ccc(O[C@@H](C)C(=O)O)cc1. The van der Waals surface area contributed by atoms with E-state index < -0.39 is 12.1 Å². The molecule has 0 saturated heterocycles. The molecule has 104 valence electrons. The fourth-order valence-electron chi connectivity index (χ4n) is 1.65. The maximum absolute atomic E-state index is 11.8. The number of aliphatic carboxylic acids is 1. The number of hydrogen-bond acceptors (Lipinski definition) is 3. The van der Waals surface area contributed by atoms with E-state index in [9.17, 15) is 9.59 Å². The Bertz CT molecular complexity index is 422. The third kappa shape index (κ3) is 5.12. The van der Waals surface area contributed by atoms with Crippen LogP contribution in [0, 0.1) is 0 Å². The molecular weight excluding hydrogens is 244 g/mol. The van der Waals surface area contributed by atoms with Gasteiger partial charge in [0.2, 0.25) is 0 Å². The van der Waals surface area contributed by atoms with Gasteiger partial charge in [-0.15, -0.1) is 0 Å². The summed E-state index contributed by atoms with van der Waals surface area (Å²) in [7, 11) is 0. The van der Waals surface area contributed by atoms with Crippen molar-refractivity contribution in [3.8, 4) is 5.75 Å². The van der Waals surface area contributed by atoms with Gasteiger partial charge >= 0.3 is 5.97 Å². The van der Waals surface area contributed by atoms with Crippen molar-refractivity contribution < 1.29 is 19.4 Å². The standard InChI is InChI=1S/C15H20O4/c1-3-4-5-6-14(16)12-7-9-13(10-8-12)19-11(2)15(17)18/h7-11H,3-6H2,1-2H3,(H,17,18)/t11-/m0/s1. The first-order valence-electron chi connectivity index (χ1n) is 6.57. The van der Waals surface area contributed by atoms with Crippen LogP contribution in [0.3, 0.4) is 0 Å². The van der Waals surface area contributed by atoms with Gasteiger partial charge in [0.1, 0.15) is 5.75 Å². The van der Waals surface area contributed by atoms with Gasteiger partial charge in [-0.1, -0.05) is 19.8 Å². The van der Waals surface area contributed by atoms with E-state index in [0.717, 1.165) is 19.3 Å². The van der Waals surface area contributed by atoms with Crippen molar-refractivity contribution in [2.24, 2.45) is 0 Å². The second kappa shape index (κ2) is 7.56. The lowest BCUT2D eigenvalue weighted by atomic mass is 10.0. The van der Waals surface area contributed by atoms with E-state index in [0.29, 0.717) is 17.7 Å². The number of unbranched alkanes of at least 4 members (excludes halogenated alkanes) is 2. The van der Waals surface area contributed by atoms with Crippen molar-refractivity contribution in [2.75, 3.05) is 0 Å². The van der Waals surface area contributed by atoms with Crippen LogP contribution in [0.1, 0.15) is 49.9 Å². The van der Waals surface area contributed by atoms with Gasteiger partial charge in [0.15, 0.2) is 11.9 Å². The molecule has 0 spiro atoms. The number of carboxylic acid groups (broad SMARTS) is 1. The average molecular weight is 264 g/mol. The van der Waals surface area contributed by atoms with Gasteiger partial charge in [-0.25, -0.2) is 4.79 Å². The molecule has 1 aromatic carbocycles. The largest absolute Gasteiger partial charge is 0.479 e. The third-order valence-corrected chi connectivity index (χ3v) is 2.84. The Morgan fingerprint density at radius 1 is 1.21 bits per heavy atom. The zero-order valence-corrected chi connectivity index (χ0v) is 11.4. The number of benzene rings is 1. The van der Waals surface area contributed by atoms with Gasteiger partial charge in [-0.05, 0) is 37.6 Å². The summed E-state index contributed by atoms with van der Waals surface area (Å²) >= 11 is 0. The summed E-state index contributed by atoms with van der Waals surface area (Å²) in [6.07, 6.45) is 2.71. The molecule has 19 heavy (non-hydrogen) atoms. The highest BCUT2D eigenvalue weighted by Gasteiger charge is 2.12. The summed E-state index contributed by atoms with van der Waals surface area (Å²) < 4.78 is 5.20. The Labute approximate surface area is 113 Å². The Hall–Kier alpha value is -1.84. The Balaban J connectivity index is 2.56. The summed E-state index contributed by atoms with van der Waals surface area (Å²) in [6, 6.07) is 6.62. The predicted molar refractivity (Wildman–Crippen MR) is 72.6 cm³/mol. The molecule has 0 radical (unpaired) electrons. The van der Waals surface area contributed by atoms with E-state index in [1.54, 1.807) is 24.3 Å². The molecule has 1 rings (SSSR count). The molecule has 0 amide bonds. The van der Waals surface area contributed by atoms with Crippen LogP contribution in [0.5, 0.6) is 5.75 Å². The summed E-state index contributed by atoms with van der Waals surface area (Å²) in [5.74, 6) is -0.439. The fraction of sp³-hybridized carbons (Fsp3) is 0.467. The number of carbonyl (C=O) groups is 2. The lowest BCUT2D eigenvalue weighted by Crippen LogP contribution is -2.22. The van der Waals surface area contributed by atoms with Crippen LogP contribution in [0.4, 0.5) is 0 Å². The molecule has 4 nitrogen and oxygen atoms in total. The lowest BCUT2D eigenvalue weighted by molar-refractivity contribution is -0.144. The van der Waals surface area contributed by atoms with Gasteiger partial charge < -0.3 is 9.84 Å². The van der Waals surface area contributed by atoms with Crippen molar-refractivity contribution in [3.63, 3.8) is 0 Å². The van der Waals surface area contributed by atoms with Crippen molar-refractivity contribution in [1.82, 2.24) is 0 Å². The van der Waals surface area contributed by atoms with Crippen molar-refractivity contribution >= 4 is 11.8 Å². The Morgan fingerprint density at radius 3 is 2.37 bits per heavy atom. The van der Waals surface area contributed by atoms with Gasteiger partial charge in [0.25, 0.3) is 0 Å². The van der Waals surface area contributed by atoms with E-state index in [1.807, 2.05) is 0 Å². The topological polar surface area (TPSA) is 63.6 Å². The van der Waals surface area contributed by atoms with E-state index in [-0.39, 0.29) is 5.78 Å². The molecule has 4 heteroatoms. The zero-order valence-electron chi connectivity index (χ0n) is 11.4. The van der Waals surface area contributed by atoms with E-state index in [1.165, 1.54) is 6.92 Å². The summed E-state index contributed by atoms with van der Waals surface area (Å²) in [4.78, 5) is 22.5. The van der Waals surface area contributed by atoms with Crippen LogP contribution in [0.25, 0.3) is 0 Å². The molecule has 1 N–H and O–H groups in total. The fourth-order valence-corrected chi connectivity index (χ4v) is 1.65. The van der Waals surface area contributed by atoms with Gasteiger partial charge in [0.05, 0.1) is 0 Å². The van der Waals surface area contributed by atoms with Crippen LogP contribution >= 0.6 is 0 Å². The van der Waals surface area contributed by atoms with Crippen molar-refractivity contribution in [2.45, 2.75) is 45.6 Å². The highest BCUT2D eigenvalue weighted by molar-refractivity contribution is 5.96. The number of ether oxygens (including phenoxy) is 1. The predicted octanol–water partition coefficient (Wildman–Crippen LogP) is 3.30. The van der Waals surface area contributed by atoms with Crippen LogP contribution < -0.4 is 4.74 Å². The normalized spacial score (nSPS) is 11.9. The first-order valence-corrected chi connectivity index (χ1v) is 6.57. The third-order valence-electron chi connectivity index (χ3n) is 2.84. The molecule has 0 bridgehead atoms. The molecule has 0 heterocycles. The lowest BCUT2D eigenvalue weighted by Gasteiger charge is -2.10. The molecule has 0 saturated carbocycles. The average Bonchev–Trinajstić information content (AvgIpc) is 2.39. The minimum atomic E-state index is -1.01. The van der Waals surface area contributed by atoms with Gasteiger partial charge in [-0.2, -0.15) is 0 Å². The summed E-state index contributed by atoms with van der Waals surface area (Å²) in [5, 5.41) is 8.73. The maximum atomic E-state index is 11.8. The van der Waals surface area contributed by atoms with Gasteiger partial charge in [0, 0.05) is 12.0 Å². The van der Waals surface area contributed by atoms with Crippen molar-refractivity contribution in [1.29, 1.82) is 0 Å². The first kappa shape index (κ1) is 15.2. The number of carboxylic acids is 1. The summed E-state index contributed by atoms with van der Waals surface area (Å²) in [6.45, 7) is 3.56. The van der Waals surface area contributed by atoms with E-state index >= 15 is 0 Å². The van der Waals surface area contributed by atoms with Crippen LogP contribution in [0.2, 0.25) is 0 Å². The van der Waals surface area contributed by atoms with Crippen LogP contribution in [-0.2, 0) is 4.79 Å². The highest BCUT2D eigenvalue weighted by Crippen LogP contribution is 2.16. The van der Waals surface area contributed by atoms with Crippen molar-refractivity contribution in [3.05, 3.63) is 29.8 Å². The minimum absolute atomic E-state index is 0.117. The van der Waals surface area contributed by atoms with Crippen LogP contribution in [-0.4, -0.2) is 23.0 Å². The molecule has 0 aromatic heterocycles. The molecule has 0 aliphatic heterocycles. The number of ketones is 1. The molecule has 0 aliphatic rings. The molecule has 0 aliphatic carbocycles. The Morgan fingerprint density at radius 2 is 1.84 bits per heavy atom. The quantitative estimate of drug-likeness (QED) is 0.578. The molecular formula is C15H20O4. The zero-order chi connectivity index (χ0) is 14.3. The molecule has 1 aromatic rings. The number of carbonyl (C=O) groups excluding carboxylic acids is 1. The highest BCUT2D eigenvalue weighted by atomic mass is 16.5. The second-order valence-corrected chi connectivity index (χ2v) is 4.50. The van der Waals surface area contributed by atoms with Gasteiger partial charge in [-0.3, -0.25) is 4.79 Å². The Kier molecular flexibility index (Phi) is 6.06. The number of hydrogen-bond donors (Lipinski definition) is 1. The van der Waals surface area contributed by atoms with E-state index in [2.05, 4.69) is 6.92 Å². The molecule has 0 fully saturated rings. The summed E-state index contributed by atoms with van der Waals surface area (Å²) in [5.41, 5.74) is 0.645. The maximum Gasteiger partial charge on any atom is 0.344 e. The minimum Gasteiger partial charge on any atom is -0.479 e. The number of Topliss-reactive ketones (excluding diaryl/α,β-unsaturated/α-hetero) is 1.